The zero-order chi connectivity index (χ0) is 8.27. The number of aromatic nitrogens is 1. The monoisotopic (exact) mass is 151 g/mol. The van der Waals surface area contributed by atoms with Gasteiger partial charge in [0.15, 0.2) is 0 Å². The summed E-state index contributed by atoms with van der Waals surface area (Å²) < 4.78 is 2.19. The molecule has 0 atom stereocenters. The molecule has 62 valence electrons. The lowest BCUT2D eigenvalue weighted by Crippen LogP contribution is -1.85. The van der Waals surface area contributed by atoms with Crippen molar-refractivity contribution in [2.24, 2.45) is 7.05 Å². The van der Waals surface area contributed by atoms with Crippen LogP contribution in [0.3, 0.4) is 0 Å². The zero-order valence-corrected chi connectivity index (χ0v) is 7.72. The van der Waals surface area contributed by atoms with Crippen molar-refractivity contribution in [3.63, 3.8) is 0 Å². The molecular weight excluding hydrogens is 134 g/mol. The third-order valence-electron chi connectivity index (χ3n) is 2.13. The smallest absolute Gasteiger partial charge is 0.0143 e. The summed E-state index contributed by atoms with van der Waals surface area (Å²) in [6.45, 7) is 4.38. The van der Waals surface area contributed by atoms with Gasteiger partial charge in [-0.25, -0.2) is 0 Å². The maximum absolute atomic E-state index is 2.27. The Morgan fingerprint density at radius 2 is 2.18 bits per heavy atom. The lowest BCUT2D eigenvalue weighted by Gasteiger charge is -1.92. The second-order valence-corrected chi connectivity index (χ2v) is 3.20. The molecule has 0 fully saturated rings. The van der Waals surface area contributed by atoms with Gasteiger partial charge in [0.25, 0.3) is 0 Å². The largest absolute Gasteiger partial charge is 0.354 e. The third kappa shape index (κ3) is 2.11. The Hall–Kier alpha value is -0.720. The molecule has 0 saturated carbocycles. The van der Waals surface area contributed by atoms with Gasteiger partial charge in [0.05, 0.1) is 0 Å². The zero-order valence-electron chi connectivity index (χ0n) is 7.72. The van der Waals surface area contributed by atoms with Gasteiger partial charge in [-0.3, -0.25) is 0 Å². The Kier molecular flexibility index (Phi) is 2.75. The average molecular weight is 151 g/mol. The second-order valence-electron chi connectivity index (χ2n) is 3.20. The summed E-state index contributed by atoms with van der Waals surface area (Å²) in [6, 6.07) is 2.27. The molecule has 0 aliphatic rings. The Bertz CT molecular complexity index is 203. The van der Waals surface area contributed by atoms with Crippen LogP contribution in [0, 0.1) is 6.92 Å². The molecule has 11 heavy (non-hydrogen) atoms. The topological polar surface area (TPSA) is 4.93 Å². The van der Waals surface area contributed by atoms with Gasteiger partial charge < -0.3 is 4.57 Å². The van der Waals surface area contributed by atoms with Gasteiger partial charge in [-0.05, 0) is 31.4 Å². The summed E-state index contributed by atoms with van der Waals surface area (Å²) in [6.07, 6.45) is 6.06. The molecule has 0 unspecified atom stereocenters. The standard InChI is InChI=1S/C10H17N/c1-4-5-6-10-7-9(2)11(3)8-10/h7-8H,4-6H2,1-3H3. The number of rotatable bonds is 3. The van der Waals surface area contributed by atoms with Crippen molar-refractivity contribution in [3.05, 3.63) is 23.5 Å². The lowest BCUT2D eigenvalue weighted by molar-refractivity contribution is 0.791. The summed E-state index contributed by atoms with van der Waals surface area (Å²) in [7, 11) is 2.10. The fraction of sp³-hybridized carbons (Fsp3) is 0.600. The molecule has 0 spiro atoms. The van der Waals surface area contributed by atoms with Gasteiger partial charge in [-0.2, -0.15) is 0 Å². The Morgan fingerprint density at radius 1 is 1.45 bits per heavy atom. The Labute approximate surface area is 69.0 Å². The molecule has 1 aromatic rings. The number of unbranched alkanes of at least 4 members (excludes halogenated alkanes) is 1. The van der Waals surface area contributed by atoms with Crippen LogP contribution in [0.1, 0.15) is 31.0 Å². The first-order valence-electron chi connectivity index (χ1n) is 4.36. The minimum atomic E-state index is 1.23. The SMILES string of the molecule is CCCCc1cc(C)n(C)c1. The third-order valence-corrected chi connectivity index (χ3v) is 2.13. The first kappa shape index (κ1) is 8.38. The van der Waals surface area contributed by atoms with Gasteiger partial charge in [-0.1, -0.05) is 13.3 Å². The fourth-order valence-electron chi connectivity index (χ4n) is 1.28. The Balaban J connectivity index is 2.58. The number of aryl methyl sites for hydroxylation is 3. The molecule has 1 heterocycles. The summed E-state index contributed by atoms with van der Waals surface area (Å²) in [5.41, 5.74) is 2.84. The number of nitrogens with zero attached hydrogens (tertiary/aromatic N) is 1. The highest BCUT2D eigenvalue weighted by atomic mass is 14.9. The molecule has 1 nitrogen and oxygen atoms in total. The van der Waals surface area contributed by atoms with Crippen LogP contribution in [0.15, 0.2) is 12.3 Å². The molecule has 0 bridgehead atoms. The molecule has 0 saturated heterocycles. The van der Waals surface area contributed by atoms with Crippen molar-refractivity contribution < 1.29 is 0 Å². The molecule has 0 aliphatic heterocycles. The van der Waals surface area contributed by atoms with E-state index in [0.29, 0.717) is 0 Å². The fourth-order valence-corrected chi connectivity index (χ4v) is 1.28. The van der Waals surface area contributed by atoms with Crippen LogP contribution >= 0.6 is 0 Å². The molecule has 0 radical (unpaired) electrons. The highest BCUT2D eigenvalue weighted by Crippen LogP contribution is 2.08. The maximum Gasteiger partial charge on any atom is 0.0143 e. The van der Waals surface area contributed by atoms with Crippen LogP contribution in [-0.2, 0) is 13.5 Å². The van der Waals surface area contributed by atoms with E-state index in [-0.39, 0.29) is 0 Å². The van der Waals surface area contributed by atoms with Crippen molar-refractivity contribution in [3.8, 4) is 0 Å². The molecule has 0 aliphatic carbocycles. The summed E-state index contributed by atoms with van der Waals surface area (Å²) in [4.78, 5) is 0. The second kappa shape index (κ2) is 3.61. The van der Waals surface area contributed by atoms with Gasteiger partial charge in [-0.15, -0.1) is 0 Å². The van der Waals surface area contributed by atoms with Gasteiger partial charge in [0.1, 0.15) is 0 Å². The minimum Gasteiger partial charge on any atom is -0.354 e. The highest BCUT2D eigenvalue weighted by molar-refractivity contribution is 5.17. The average Bonchev–Trinajstić information content (AvgIpc) is 2.28. The van der Waals surface area contributed by atoms with Crippen LogP contribution in [0.25, 0.3) is 0 Å². The van der Waals surface area contributed by atoms with Crippen molar-refractivity contribution in [1.29, 1.82) is 0 Å². The van der Waals surface area contributed by atoms with Gasteiger partial charge in [0, 0.05) is 18.9 Å². The summed E-state index contributed by atoms with van der Waals surface area (Å²) >= 11 is 0. The van der Waals surface area contributed by atoms with E-state index in [1.165, 1.54) is 30.5 Å². The van der Waals surface area contributed by atoms with E-state index in [1.807, 2.05) is 0 Å². The van der Waals surface area contributed by atoms with Crippen molar-refractivity contribution in [2.75, 3.05) is 0 Å². The van der Waals surface area contributed by atoms with Crippen molar-refractivity contribution in [2.45, 2.75) is 33.1 Å². The molecule has 0 amide bonds. The predicted octanol–water partition coefficient (Wildman–Crippen LogP) is 2.68. The van der Waals surface area contributed by atoms with E-state index in [9.17, 15) is 0 Å². The predicted molar refractivity (Wildman–Crippen MR) is 48.8 cm³/mol. The first-order valence-corrected chi connectivity index (χ1v) is 4.36. The lowest BCUT2D eigenvalue weighted by atomic mass is 10.1. The molecule has 1 aromatic heterocycles. The number of hydrogen-bond acceptors (Lipinski definition) is 0. The van der Waals surface area contributed by atoms with Crippen LogP contribution in [-0.4, -0.2) is 4.57 Å². The van der Waals surface area contributed by atoms with Crippen LogP contribution in [0.5, 0.6) is 0 Å². The van der Waals surface area contributed by atoms with E-state index >= 15 is 0 Å². The first-order chi connectivity index (χ1) is 5.24. The van der Waals surface area contributed by atoms with E-state index in [0.717, 1.165) is 0 Å². The quantitative estimate of drug-likeness (QED) is 0.626. The van der Waals surface area contributed by atoms with Crippen LogP contribution < -0.4 is 0 Å². The van der Waals surface area contributed by atoms with E-state index in [4.69, 9.17) is 0 Å². The summed E-state index contributed by atoms with van der Waals surface area (Å²) in [5.74, 6) is 0. The maximum atomic E-state index is 2.27. The van der Waals surface area contributed by atoms with Gasteiger partial charge >= 0.3 is 0 Å². The molecule has 1 heteroatoms. The van der Waals surface area contributed by atoms with Gasteiger partial charge in [0.2, 0.25) is 0 Å². The highest BCUT2D eigenvalue weighted by Gasteiger charge is 1.96. The normalized spacial score (nSPS) is 10.5. The van der Waals surface area contributed by atoms with Crippen molar-refractivity contribution in [1.82, 2.24) is 4.57 Å². The van der Waals surface area contributed by atoms with Crippen LogP contribution in [0.2, 0.25) is 0 Å². The Morgan fingerprint density at radius 3 is 2.64 bits per heavy atom. The van der Waals surface area contributed by atoms with E-state index in [2.05, 4.69) is 37.7 Å². The number of hydrogen-bond donors (Lipinski definition) is 0. The van der Waals surface area contributed by atoms with Crippen molar-refractivity contribution >= 4 is 0 Å². The minimum absolute atomic E-state index is 1.23. The van der Waals surface area contributed by atoms with E-state index < -0.39 is 0 Å². The van der Waals surface area contributed by atoms with Crippen LogP contribution in [0.4, 0.5) is 0 Å². The summed E-state index contributed by atoms with van der Waals surface area (Å²) in [5, 5.41) is 0. The van der Waals surface area contributed by atoms with E-state index in [1.54, 1.807) is 0 Å². The molecular formula is C10H17N. The molecule has 1 rings (SSSR count). The molecule has 0 N–H and O–H groups in total. The molecule has 0 aromatic carbocycles.